The second kappa shape index (κ2) is 6.05. The van der Waals surface area contributed by atoms with Crippen LogP contribution < -0.4 is 0 Å². The Balaban J connectivity index is 2.32. The molecule has 116 valence electrons. The first-order chi connectivity index (χ1) is 9.80. The van der Waals surface area contributed by atoms with Crippen LogP contribution in [-0.2, 0) is 4.74 Å². The van der Waals surface area contributed by atoms with Crippen molar-refractivity contribution in [3.8, 4) is 0 Å². The molecule has 2 nitrogen and oxygen atoms in total. The Bertz CT molecular complexity index is 530. The van der Waals surface area contributed by atoms with Crippen molar-refractivity contribution in [2.24, 2.45) is 5.41 Å². The van der Waals surface area contributed by atoms with Gasteiger partial charge >= 0.3 is 0 Å². The Morgan fingerprint density at radius 1 is 1.29 bits per heavy atom. The fraction of sp³-hybridized carbons (Fsp3) is 0.588. The first-order valence-corrected chi connectivity index (χ1v) is 7.81. The van der Waals surface area contributed by atoms with Gasteiger partial charge < -0.3 is 4.74 Å². The Kier molecular flexibility index (Phi) is 4.74. The van der Waals surface area contributed by atoms with E-state index in [4.69, 9.17) is 16.3 Å². The Morgan fingerprint density at radius 2 is 1.90 bits per heavy atom. The predicted octanol–water partition coefficient (Wildman–Crippen LogP) is 5.04. The number of hydrogen-bond donors (Lipinski definition) is 0. The van der Waals surface area contributed by atoms with Crippen LogP contribution in [0.2, 0.25) is 5.02 Å². The SMILES string of the molecule is CCOC1(C(=O)c2ccc(Cl)cc2F)CCC(C)(C)CC1. The molecule has 0 atom stereocenters. The van der Waals surface area contributed by atoms with E-state index in [1.54, 1.807) is 6.07 Å². The van der Waals surface area contributed by atoms with Gasteiger partial charge in [-0.3, -0.25) is 4.79 Å². The summed E-state index contributed by atoms with van der Waals surface area (Å²) in [5, 5.41) is 0.291. The highest BCUT2D eigenvalue weighted by Crippen LogP contribution is 2.43. The molecular weight excluding hydrogens is 291 g/mol. The van der Waals surface area contributed by atoms with Gasteiger partial charge in [-0.1, -0.05) is 25.4 Å². The average Bonchev–Trinajstić information content (AvgIpc) is 2.41. The summed E-state index contributed by atoms with van der Waals surface area (Å²) in [6, 6.07) is 4.19. The molecule has 0 unspecified atom stereocenters. The van der Waals surface area contributed by atoms with Gasteiger partial charge in [0.15, 0.2) is 5.78 Å². The van der Waals surface area contributed by atoms with Crippen LogP contribution in [0.4, 0.5) is 4.39 Å². The fourth-order valence-electron chi connectivity index (χ4n) is 2.96. The minimum atomic E-state index is -0.890. The van der Waals surface area contributed by atoms with E-state index < -0.39 is 11.4 Å². The normalized spacial score (nSPS) is 20.2. The van der Waals surface area contributed by atoms with Crippen LogP contribution in [0.15, 0.2) is 18.2 Å². The molecule has 0 aliphatic heterocycles. The molecule has 0 spiro atoms. The summed E-state index contributed by atoms with van der Waals surface area (Å²) in [6.45, 7) is 6.70. The Labute approximate surface area is 130 Å². The average molecular weight is 313 g/mol. The number of carbonyl (C=O) groups is 1. The maximum absolute atomic E-state index is 14.1. The maximum Gasteiger partial charge on any atom is 0.197 e. The molecule has 1 aliphatic carbocycles. The van der Waals surface area contributed by atoms with Gasteiger partial charge in [0.1, 0.15) is 11.4 Å². The van der Waals surface area contributed by atoms with Gasteiger partial charge in [0.2, 0.25) is 0 Å². The van der Waals surface area contributed by atoms with E-state index in [0.717, 1.165) is 12.8 Å². The number of ketones is 1. The first kappa shape index (κ1) is 16.4. The smallest absolute Gasteiger partial charge is 0.197 e. The largest absolute Gasteiger partial charge is 0.367 e. The lowest BCUT2D eigenvalue weighted by Gasteiger charge is -2.42. The van der Waals surface area contributed by atoms with Crippen molar-refractivity contribution >= 4 is 17.4 Å². The summed E-state index contributed by atoms with van der Waals surface area (Å²) in [6.07, 6.45) is 3.06. The van der Waals surface area contributed by atoms with Gasteiger partial charge in [0.05, 0.1) is 5.56 Å². The molecule has 0 aromatic heterocycles. The summed E-state index contributed by atoms with van der Waals surface area (Å²) in [7, 11) is 0. The van der Waals surface area contributed by atoms with Crippen LogP contribution in [0.25, 0.3) is 0 Å². The summed E-state index contributed by atoms with van der Waals surface area (Å²) >= 11 is 5.76. The van der Waals surface area contributed by atoms with E-state index in [2.05, 4.69) is 13.8 Å². The zero-order valence-electron chi connectivity index (χ0n) is 12.8. The van der Waals surface area contributed by atoms with E-state index in [0.29, 0.717) is 24.5 Å². The molecular formula is C17H22ClFO2. The Hall–Kier alpha value is -0.930. The molecule has 2 rings (SSSR count). The summed E-state index contributed by atoms with van der Waals surface area (Å²) < 4.78 is 19.9. The van der Waals surface area contributed by atoms with Crippen molar-refractivity contribution in [2.45, 2.75) is 52.1 Å². The molecule has 1 saturated carbocycles. The van der Waals surface area contributed by atoms with Gasteiger partial charge in [-0.25, -0.2) is 4.39 Å². The van der Waals surface area contributed by atoms with E-state index in [9.17, 15) is 9.18 Å². The molecule has 1 aromatic rings. The summed E-state index contributed by atoms with van der Waals surface area (Å²) in [5.41, 5.74) is -0.606. The van der Waals surface area contributed by atoms with E-state index in [-0.39, 0.29) is 16.8 Å². The minimum Gasteiger partial charge on any atom is -0.367 e. The molecule has 0 saturated heterocycles. The van der Waals surface area contributed by atoms with Crippen LogP contribution in [0.3, 0.4) is 0 Å². The predicted molar refractivity (Wildman–Crippen MR) is 82.3 cm³/mol. The van der Waals surface area contributed by atoms with Crippen molar-refractivity contribution in [3.05, 3.63) is 34.6 Å². The van der Waals surface area contributed by atoms with Crippen molar-refractivity contribution in [1.29, 1.82) is 0 Å². The highest BCUT2D eigenvalue weighted by atomic mass is 35.5. The number of hydrogen-bond acceptors (Lipinski definition) is 2. The van der Waals surface area contributed by atoms with Crippen molar-refractivity contribution < 1.29 is 13.9 Å². The molecule has 1 fully saturated rings. The molecule has 0 heterocycles. The zero-order chi connectivity index (χ0) is 15.7. The first-order valence-electron chi connectivity index (χ1n) is 7.43. The summed E-state index contributed by atoms with van der Waals surface area (Å²) in [5.74, 6) is -0.828. The lowest BCUT2D eigenvalue weighted by molar-refractivity contribution is -0.0582. The lowest BCUT2D eigenvalue weighted by atomic mass is 9.68. The monoisotopic (exact) mass is 312 g/mol. The van der Waals surface area contributed by atoms with Crippen LogP contribution in [0.5, 0.6) is 0 Å². The highest BCUT2D eigenvalue weighted by Gasteiger charge is 2.45. The fourth-order valence-corrected chi connectivity index (χ4v) is 3.12. The van der Waals surface area contributed by atoms with Crippen molar-refractivity contribution in [2.75, 3.05) is 6.61 Å². The zero-order valence-corrected chi connectivity index (χ0v) is 13.6. The number of benzene rings is 1. The second-order valence-electron chi connectivity index (χ2n) is 6.54. The lowest BCUT2D eigenvalue weighted by Crippen LogP contribution is -2.46. The Morgan fingerprint density at radius 3 is 2.43 bits per heavy atom. The number of rotatable bonds is 4. The van der Waals surface area contributed by atoms with E-state index >= 15 is 0 Å². The third-order valence-electron chi connectivity index (χ3n) is 4.42. The second-order valence-corrected chi connectivity index (χ2v) is 6.98. The molecule has 1 aromatic carbocycles. The van der Waals surface area contributed by atoms with Crippen LogP contribution >= 0.6 is 11.6 Å². The number of Topliss-reactive ketones (excluding diaryl/α,β-unsaturated/α-hetero) is 1. The number of halogens is 2. The van der Waals surface area contributed by atoms with Gasteiger partial charge in [0.25, 0.3) is 0 Å². The van der Waals surface area contributed by atoms with Crippen LogP contribution in [-0.4, -0.2) is 18.0 Å². The van der Waals surface area contributed by atoms with Crippen LogP contribution in [0, 0.1) is 11.2 Å². The standard InChI is InChI=1S/C17H22ClFO2/c1-4-21-17(9-7-16(2,3)8-10-17)15(20)13-6-5-12(18)11-14(13)19/h5-6,11H,4,7-10H2,1-3H3. The van der Waals surface area contributed by atoms with Crippen LogP contribution in [0.1, 0.15) is 56.8 Å². The molecule has 21 heavy (non-hydrogen) atoms. The molecule has 0 amide bonds. The third-order valence-corrected chi connectivity index (χ3v) is 4.66. The van der Waals surface area contributed by atoms with Gasteiger partial charge in [-0.2, -0.15) is 0 Å². The highest BCUT2D eigenvalue weighted by molar-refractivity contribution is 6.30. The maximum atomic E-state index is 14.1. The van der Waals surface area contributed by atoms with Gasteiger partial charge in [-0.15, -0.1) is 0 Å². The summed E-state index contributed by atoms with van der Waals surface area (Å²) in [4.78, 5) is 12.8. The third kappa shape index (κ3) is 3.46. The van der Waals surface area contributed by atoms with Gasteiger partial charge in [0, 0.05) is 11.6 Å². The molecule has 0 radical (unpaired) electrons. The number of ether oxygens (including phenoxy) is 1. The van der Waals surface area contributed by atoms with Crippen molar-refractivity contribution in [3.63, 3.8) is 0 Å². The van der Waals surface area contributed by atoms with Crippen molar-refractivity contribution in [1.82, 2.24) is 0 Å². The van der Waals surface area contributed by atoms with E-state index in [1.807, 2.05) is 6.92 Å². The van der Waals surface area contributed by atoms with E-state index in [1.165, 1.54) is 12.1 Å². The van der Waals surface area contributed by atoms with Gasteiger partial charge in [-0.05, 0) is 56.2 Å². The molecule has 0 N–H and O–H groups in total. The molecule has 0 bridgehead atoms. The minimum absolute atomic E-state index is 0.0764. The molecule has 1 aliphatic rings. The molecule has 4 heteroatoms. The topological polar surface area (TPSA) is 26.3 Å². The quantitative estimate of drug-likeness (QED) is 0.728. The number of carbonyl (C=O) groups excluding carboxylic acids is 1.